The molecule has 1 aliphatic rings. The quantitative estimate of drug-likeness (QED) is 0.739. The van der Waals surface area contributed by atoms with Crippen molar-refractivity contribution in [3.05, 3.63) is 29.8 Å². The smallest absolute Gasteiger partial charge is 0.0409 e. The zero-order valence-corrected chi connectivity index (χ0v) is 8.25. The van der Waals surface area contributed by atoms with Crippen LogP contribution in [-0.2, 0) is 0 Å². The van der Waals surface area contributed by atoms with E-state index in [1.54, 1.807) is 0 Å². The zero-order chi connectivity index (χ0) is 9.26. The van der Waals surface area contributed by atoms with Crippen LogP contribution >= 0.6 is 0 Å². The Morgan fingerprint density at radius 1 is 1.31 bits per heavy atom. The molecule has 1 aliphatic heterocycles. The summed E-state index contributed by atoms with van der Waals surface area (Å²) < 4.78 is 0. The van der Waals surface area contributed by atoms with E-state index in [2.05, 4.69) is 48.6 Å². The SMILES string of the molecule is CN(C)c1ccccc1[C@H]1CCN1. The van der Waals surface area contributed by atoms with Gasteiger partial charge in [0.15, 0.2) is 0 Å². The van der Waals surface area contributed by atoms with Crippen LogP contribution in [0.1, 0.15) is 18.0 Å². The second-order valence-electron chi connectivity index (χ2n) is 3.75. The summed E-state index contributed by atoms with van der Waals surface area (Å²) in [5.41, 5.74) is 2.76. The highest BCUT2D eigenvalue weighted by Crippen LogP contribution is 2.30. The van der Waals surface area contributed by atoms with Gasteiger partial charge in [0.2, 0.25) is 0 Å². The molecule has 0 aliphatic carbocycles. The Labute approximate surface area is 79.6 Å². The van der Waals surface area contributed by atoms with Crippen LogP contribution < -0.4 is 10.2 Å². The molecule has 0 amide bonds. The van der Waals surface area contributed by atoms with Crippen molar-refractivity contribution in [2.24, 2.45) is 0 Å². The molecule has 0 unspecified atom stereocenters. The lowest BCUT2D eigenvalue weighted by Gasteiger charge is -2.31. The van der Waals surface area contributed by atoms with E-state index in [4.69, 9.17) is 0 Å². The molecule has 0 saturated carbocycles. The molecule has 1 heterocycles. The molecule has 2 nitrogen and oxygen atoms in total. The van der Waals surface area contributed by atoms with Crippen LogP contribution in [0.5, 0.6) is 0 Å². The van der Waals surface area contributed by atoms with E-state index >= 15 is 0 Å². The molecular weight excluding hydrogens is 160 g/mol. The lowest BCUT2D eigenvalue weighted by Crippen LogP contribution is -2.35. The normalized spacial score (nSPS) is 20.9. The fourth-order valence-electron chi connectivity index (χ4n) is 1.74. The summed E-state index contributed by atoms with van der Waals surface area (Å²) in [5, 5.41) is 3.43. The van der Waals surface area contributed by atoms with Crippen LogP contribution in [-0.4, -0.2) is 20.6 Å². The van der Waals surface area contributed by atoms with Gasteiger partial charge in [-0.15, -0.1) is 0 Å². The van der Waals surface area contributed by atoms with E-state index < -0.39 is 0 Å². The molecule has 0 bridgehead atoms. The molecule has 1 N–H and O–H groups in total. The van der Waals surface area contributed by atoms with Crippen LogP contribution in [0.4, 0.5) is 5.69 Å². The highest BCUT2D eigenvalue weighted by molar-refractivity contribution is 5.54. The molecule has 0 radical (unpaired) electrons. The molecule has 1 atom stereocenters. The summed E-state index contributed by atoms with van der Waals surface area (Å²) in [6, 6.07) is 9.18. The van der Waals surface area contributed by atoms with Crippen molar-refractivity contribution in [1.29, 1.82) is 0 Å². The second-order valence-corrected chi connectivity index (χ2v) is 3.75. The predicted molar refractivity (Wildman–Crippen MR) is 56.1 cm³/mol. The summed E-state index contributed by atoms with van der Waals surface area (Å²) in [6.45, 7) is 1.16. The van der Waals surface area contributed by atoms with Crippen molar-refractivity contribution in [3.63, 3.8) is 0 Å². The number of anilines is 1. The van der Waals surface area contributed by atoms with E-state index in [1.165, 1.54) is 17.7 Å². The first-order valence-corrected chi connectivity index (χ1v) is 4.78. The summed E-state index contributed by atoms with van der Waals surface area (Å²) in [4.78, 5) is 2.18. The highest BCUT2D eigenvalue weighted by atomic mass is 15.1. The van der Waals surface area contributed by atoms with Crippen LogP contribution in [0.15, 0.2) is 24.3 Å². The third-order valence-electron chi connectivity index (χ3n) is 2.62. The van der Waals surface area contributed by atoms with Crippen molar-refractivity contribution in [2.75, 3.05) is 25.5 Å². The summed E-state index contributed by atoms with van der Waals surface area (Å²) >= 11 is 0. The lowest BCUT2D eigenvalue weighted by molar-refractivity contribution is 0.383. The van der Waals surface area contributed by atoms with Gasteiger partial charge in [0.25, 0.3) is 0 Å². The third kappa shape index (κ3) is 1.54. The zero-order valence-electron chi connectivity index (χ0n) is 8.25. The van der Waals surface area contributed by atoms with E-state index in [0.717, 1.165) is 6.54 Å². The predicted octanol–water partition coefficient (Wildman–Crippen LogP) is 1.79. The topological polar surface area (TPSA) is 15.3 Å². The van der Waals surface area contributed by atoms with Gasteiger partial charge in [0.1, 0.15) is 0 Å². The van der Waals surface area contributed by atoms with Crippen LogP contribution in [0.25, 0.3) is 0 Å². The van der Waals surface area contributed by atoms with Gasteiger partial charge in [-0.05, 0) is 24.6 Å². The Hall–Kier alpha value is -1.02. The van der Waals surface area contributed by atoms with Crippen LogP contribution in [0, 0.1) is 0 Å². The molecule has 13 heavy (non-hydrogen) atoms. The van der Waals surface area contributed by atoms with Gasteiger partial charge >= 0.3 is 0 Å². The van der Waals surface area contributed by atoms with Crippen LogP contribution in [0.2, 0.25) is 0 Å². The highest BCUT2D eigenvalue weighted by Gasteiger charge is 2.21. The standard InChI is InChI=1S/C11H16N2/c1-13(2)11-6-4-3-5-9(11)10-7-8-12-10/h3-6,10,12H,7-8H2,1-2H3/t10-/m1/s1. The van der Waals surface area contributed by atoms with Gasteiger partial charge in [0.05, 0.1) is 0 Å². The monoisotopic (exact) mass is 176 g/mol. The minimum atomic E-state index is 0.582. The van der Waals surface area contributed by atoms with Gasteiger partial charge in [-0.3, -0.25) is 0 Å². The first-order chi connectivity index (χ1) is 6.29. The van der Waals surface area contributed by atoms with Crippen molar-refractivity contribution >= 4 is 5.69 Å². The van der Waals surface area contributed by atoms with E-state index in [-0.39, 0.29) is 0 Å². The Balaban J connectivity index is 2.31. The fourth-order valence-corrected chi connectivity index (χ4v) is 1.74. The number of nitrogens with one attached hydrogen (secondary N) is 1. The van der Waals surface area contributed by atoms with Crippen molar-refractivity contribution in [3.8, 4) is 0 Å². The average molecular weight is 176 g/mol. The maximum atomic E-state index is 3.43. The van der Waals surface area contributed by atoms with E-state index in [1.807, 2.05) is 0 Å². The molecule has 2 heteroatoms. The minimum Gasteiger partial charge on any atom is -0.377 e. The first kappa shape index (κ1) is 8.57. The number of para-hydroxylation sites is 1. The molecular formula is C11H16N2. The number of benzene rings is 1. The largest absolute Gasteiger partial charge is 0.377 e. The summed E-state index contributed by atoms with van der Waals surface area (Å²) in [7, 11) is 4.19. The Kier molecular flexibility index (Phi) is 2.23. The molecule has 70 valence electrons. The first-order valence-electron chi connectivity index (χ1n) is 4.78. The second kappa shape index (κ2) is 3.38. The van der Waals surface area contributed by atoms with Crippen molar-refractivity contribution in [2.45, 2.75) is 12.5 Å². The molecule has 1 saturated heterocycles. The number of hydrogen-bond donors (Lipinski definition) is 1. The fraction of sp³-hybridized carbons (Fsp3) is 0.455. The Morgan fingerprint density at radius 2 is 2.00 bits per heavy atom. The molecule has 2 rings (SSSR count). The maximum absolute atomic E-state index is 3.43. The number of nitrogens with zero attached hydrogens (tertiary/aromatic N) is 1. The van der Waals surface area contributed by atoms with E-state index in [0.29, 0.717) is 6.04 Å². The van der Waals surface area contributed by atoms with Crippen LogP contribution in [0.3, 0.4) is 0 Å². The Bertz CT molecular complexity index is 290. The number of hydrogen-bond acceptors (Lipinski definition) is 2. The van der Waals surface area contributed by atoms with Gasteiger partial charge in [-0.1, -0.05) is 18.2 Å². The molecule has 0 aromatic heterocycles. The Morgan fingerprint density at radius 3 is 2.54 bits per heavy atom. The van der Waals surface area contributed by atoms with Gasteiger partial charge < -0.3 is 10.2 Å². The lowest BCUT2D eigenvalue weighted by atomic mass is 9.96. The maximum Gasteiger partial charge on any atom is 0.0409 e. The molecule has 0 spiro atoms. The number of rotatable bonds is 2. The average Bonchev–Trinajstić information content (AvgIpc) is 2.02. The molecule has 1 aromatic carbocycles. The summed E-state index contributed by atoms with van der Waals surface area (Å²) in [6.07, 6.45) is 1.27. The minimum absolute atomic E-state index is 0.582. The van der Waals surface area contributed by atoms with Crippen molar-refractivity contribution < 1.29 is 0 Å². The van der Waals surface area contributed by atoms with Gasteiger partial charge in [-0.2, -0.15) is 0 Å². The van der Waals surface area contributed by atoms with Gasteiger partial charge in [0, 0.05) is 25.8 Å². The van der Waals surface area contributed by atoms with Gasteiger partial charge in [-0.25, -0.2) is 0 Å². The van der Waals surface area contributed by atoms with Crippen molar-refractivity contribution in [1.82, 2.24) is 5.32 Å². The van der Waals surface area contributed by atoms with E-state index in [9.17, 15) is 0 Å². The third-order valence-corrected chi connectivity index (χ3v) is 2.62. The molecule has 1 fully saturated rings. The summed E-state index contributed by atoms with van der Waals surface area (Å²) in [5.74, 6) is 0. The molecule has 1 aromatic rings.